The first-order valence-electron chi connectivity index (χ1n) is 9.40. The Bertz CT molecular complexity index is 1020. The molecule has 15 heteroatoms. The Morgan fingerprint density at radius 1 is 1.33 bits per heavy atom. The average molecular weight is 488 g/mol. The Morgan fingerprint density at radius 3 is 2.76 bits per heavy atom. The number of aryl methyl sites for hydroxylation is 1. The fraction of sp³-hybridized carbons (Fsp3) is 0.389. The van der Waals surface area contributed by atoms with Gasteiger partial charge in [0.05, 0.1) is 30.6 Å². The molecule has 2 amide bonds. The van der Waals surface area contributed by atoms with Crippen molar-refractivity contribution in [3.05, 3.63) is 39.6 Å². The van der Waals surface area contributed by atoms with E-state index in [1.165, 1.54) is 7.05 Å². The Labute approximate surface area is 189 Å². The van der Waals surface area contributed by atoms with Crippen molar-refractivity contribution in [1.29, 1.82) is 0 Å². The number of rotatable bonds is 10. The van der Waals surface area contributed by atoms with E-state index in [1.807, 2.05) is 0 Å². The van der Waals surface area contributed by atoms with Gasteiger partial charge in [0, 0.05) is 19.7 Å². The van der Waals surface area contributed by atoms with Crippen molar-refractivity contribution in [2.75, 3.05) is 13.6 Å². The number of halogens is 4. The SMILES string of the molecule is CNC(=O)/C(C=NCC(F)CCc1nnc(C(=O)NCc2cc(C(F)(F)F)ccn2)s1)=N/N. The lowest BCUT2D eigenvalue weighted by molar-refractivity contribution is -0.137. The van der Waals surface area contributed by atoms with Crippen LogP contribution in [0.4, 0.5) is 17.6 Å². The molecule has 2 aromatic heterocycles. The summed E-state index contributed by atoms with van der Waals surface area (Å²) in [5.74, 6) is 3.86. The Hall–Kier alpha value is -3.49. The molecule has 0 saturated heterocycles. The number of amides is 2. The molecule has 1 unspecified atom stereocenters. The normalized spacial score (nSPS) is 13.2. The van der Waals surface area contributed by atoms with Gasteiger partial charge in [-0.05, 0) is 18.6 Å². The molecule has 2 rings (SSSR count). The largest absolute Gasteiger partial charge is 0.416 e. The lowest BCUT2D eigenvalue weighted by Crippen LogP contribution is -2.29. The monoisotopic (exact) mass is 488 g/mol. The van der Waals surface area contributed by atoms with Crippen molar-refractivity contribution >= 4 is 35.1 Å². The van der Waals surface area contributed by atoms with Gasteiger partial charge in [-0.2, -0.15) is 18.3 Å². The van der Waals surface area contributed by atoms with Crippen molar-refractivity contribution in [3.63, 3.8) is 0 Å². The predicted molar refractivity (Wildman–Crippen MR) is 113 cm³/mol. The number of aliphatic imine (C=N–C) groups is 1. The number of aromatic nitrogens is 3. The third-order valence-corrected chi connectivity index (χ3v) is 5.00. The highest BCUT2D eigenvalue weighted by molar-refractivity contribution is 7.13. The van der Waals surface area contributed by atoms with Crippen molar-refractivity contribution < 1.29 is 27.2 Å². The Balaban J connectivity index is 1.82. The van der Waals surface area contributed by atoms with Gasteiger partial charge >= 0.3 is 6.18 Å². The van der Waals surface area contributed by atoms with Gasteiger partial charge in [0.25, 0.3) is 11.8 Å². The Kier molecular flexibility index (Phi) is 9.32. The minimum absolute atomic E-state index is 0.0141. The van der Waals surface area contributed by atoms with Crippen LogP contribution in [0, 0.1) is 0 Å². The van der Waals surface area contributed by atoms with Crippen LogP contribution >= 0.6 is 11.3 Å². The first-order chi connectivity index (χ1) is 15.6. The second kappa shape index (κ2) is 11.9. The van der Waals surface area contributed by atoms with E-state index in [1.54, 1.807) is 0 Å². The molecule has 0 radical (unpaired) electrons. The van der Waals surface area contributed by atoms with E-state index in [0.717, 1.165) is 35.9 Å². The summed E-state index contributed by atoms with van der Waals surface area (Å²) in [5.41, 5.74) is -0.988. The predicted octanol–water partition coefficient (Wildman–Crippen LogP) is 1.28. The fourth-order valence-electron chi connectivity index (χ4n) is 2.35. The van der Waals surface area contributed by atoms with Crippen molar-refractivity contribution in [3.8, 4) is 0 Å². The molecular formula is C18H20F4N8O2S. The second-order valence-electron chi connectivity index (χ2n) is 6.44. The molecule has 33 heavy (non-hydrogen) atoms. The number of carbonyl (C=O) groups excluding carboxylic acids is 2. The van der Waals surface area contributed by atoms with Crippen LogP contribution in [-0.2, 0) is 23.9 Å². The molecule has 4 N–H and O–H groups in total. The van der Waals surface area contributed by atoms with Gasteiger partial charge in [0.2, 0.25) is 5.01 Å². The van der Waals surface area contributed by atoms with Crippen LogP contribution in [0.1, 0.15) is 32.5 Å². The molecule has 0 aliphatic rings. The summed E-state index contributed by atoms with van der Waals surface area (Å²) in [6.07, 6.45) is -3.57. The van der Waals surface area contributed by atoms with E-state index in [9.17, 15) is 27.2 Å². The van der Waals surface area contributed by atoms with Gasteiger partial charge in [0.1, 0.15) is 11.2 Å². The van der Waals surface area contributed by atoms with Crippen molar-refractivity contribution in [2.24, 2.45) is 15.9 Å². The first-order valence-corrected chi connectivity index (χ1v) is 10.2. The quantitative estimate of drug-likeness (QED) is 0.199. The zero-order valence-corrected chi connectivity index (χ0v) is 18.1. The number of carbonyl (C=O) groups is 2. The maximum Gasteiger partial charge on any atom is 0.416 e. The second-order valence-corrected chi connectivity index (χ2v) is 7.50. The van der Waals surface area contributed by atoms with Crippen LogP contribution < -0.4 is 16.5 Å². The average Bonchev–Trinajstić information content (AvgIpc) is 3.27. The third-order valence-electron chi connectivity index (χ3n) is 4.02. The number of hydrazone groups is 1. The van der Waals surface area contributed by atoms with Gasteiger partial charge in [-0.25, -0.2) is 4.39 Å². The molecule has 178 valence electrons. The van der Waals surface area contributed by atoms with Crippen LogP contribution in [0.5, 0.6) is 0 Å². The number of nitrogens with two attached hydrogens (primary N) is 1. The number of nitrogens with zero attached hydrogens (tertiary/aromatic N) is 5. The molecule has 0 spiro atoms. The van der Waals surface area contributed by atoms with Gasteiger partial charge in [-0.15, -0.1) is 10.2 Å². The molecule has 0 saturated carbocycles. The van der Waals surface area contributed by atoms with E-state index in [4.69, 9.17) is 5.84 Å². The minimum atomic E-state index is -4.51. The smallest absolute Gasteiger partial charge is 0.354 e. The van der Waals surface area contributed by atoms with Crippen molar-refractivity contribution in [1.82, 2.24) is 25.8 Å². The molecule has 0 aliphatic carbocycles. The van der Waals surface area contributed by atoms with E-state index >= 15 is 0 Å². The third kappa shape index (κ3) is 8.17. The molecule has 0 bridgehead atoms. The first kappa shape index (κ1) is 25.8. The van der Waals surface area contributed by atoms with E-state index < -0.39 is 29.7 Å². The maximum atomic E-state index is 14.0. The number of hydrogen-bond donors (Lipinski definition) is 3. The molecule has 10 nitrogen and oxygen atoms in total. The summed E-state index contributed by atoms with van der Waals surface area (Å²) in [4.78, 5) is 31.1. The Morgan fingerprint density at radius 2 is 2.09 bits per heavy atom. The molecule has 2 heterocycles. The summed E-state index contributed by atoms with van der Waals surface area (Å²) in [6.45, 7) is -0.460. The van der Waals surface area contributed by atoms with Gasteiger partial charge in [0.15, 0.2) is 5.71 Å². The molecule has 0 aliphatic heterocycles. The minimum Gasteiger partial charge on any atom is -0.354 e. The van der Waals surface area contributed by atoms with Crippen LogP contribution in [0.2, 0.25) is 0 Å². The number of alkyl halides is 4. The highest BCUT2D eigenvalue weighted by atomic mass is 32.1. The zero-order chi connectivity index (χ0) is 24.4. The number of hydrogen-bond acceptors (Lipinski definition) is 9. The van der Waals surface area contributed by atoms with E-state index in [0.29, 0.717) is 5.01 Å². The van der Waals surface area contributed by atoms with Crippen LogP contribution in [0.25, 0.3) is 0 Å². The van der Waals surface area contributed by atoms with Crippen LogP contribution in [0.15, 0.2) is 28.4 Å². The van der Waals surface area contributed by atoms with Crippen LogP contribution in [0.3, 0.4) is 0 Å². The topological polar surface area (TPSA) is 148 Å². The van der Waals surface area contributed by atoms with E-state index in [-0.39, 0.29) is 42.3 Å². The lowest BCUT2D eigenvalue weighted by Gasteiger charge is -2.08. The maximum absolute atomic E-state index is 14.0. The molecule has 1 atom stereocenters. The van der Waals surface area contributed by atoms with Gasteiger partial charge < -0.3 is 16.5 Å². The van der Waals surface area contributed by atoms with Crippen LogP contribution in [-0.4, -0.2) is 58.7 Å². The summed E-state index contributed by atoms with van der Waals surface area (Å²) >= 11 is 0.936. The van der Waals surface area contributed by atoms with Crippen molar-refractivity contribution in [2.45, 2.75) is 31.7 Å². The summed E-state index contributed by atoms with van der Waals surface area (Å²) < 4.78 is 52.2. The molecular weight excluding hydrogens is 468 g/mol. The highest BCUT2D eigenvalue weighted by Crippen LogP contribution is 2.29. The fourth-order valence-corrected chi connectivity index (χ4v) is 3.12. The number of nitrogens with one attached hydrogen (secondary N) is 2. The zero-order valence-electron chi connectivity index (χ0n) is 17.3. The standard InChI is InChI=1S/C18H20F4N8O2S/c1-24-15(31)13(28-23)9-25-7-11(19)2-3-14-29-30-17(33-14)16(32)27-8-12-6-10(4-5-26-12)18(20,21)22/h4-6,9,11H,2-3,7-8,23H2,1H3,(H,24,31)(H,27,32)/b25-9?,28-13+. The molecule has 2 aromatic rings. The van der Waals surface area contributed by atoms with E-state index in [2.05, 4.69) is 35.9 Å². The highest BCUT2D eigenvalue weighted by Gasteiger charge is 2.30. The summed E-state index contributed by atoms with van der Waals surface area (Å²) in [6, 6.07) is 1.67. The molecule has 0 aromatic carbocycles. The summed E-state index contributed by atoms with van der Waals surface area (Å²) in [7, 11) is 1.39. The lowest BCUT2D eigenvalue weighted by atomic mass is 10.2. The molecule has 0 fully saturated rings. The van der Waals surface area contributed by atoms with Gasteiger partial charge in [-0.1, -0.05) is 11.3 Å². The van der Waals surface area contributed by atoms with Gasteiger partial charge in [-0.3, -0.25) is 19.6 Å². The number of pyridine rings is 1. The summed E-state index contributed by atoms with van der Waals surface area (Å²) in [5, 5.41) is 15.9.